The Labute approximate surface area is 188 Å². The molecule has 5 aliphatic rings. The van der Waals surface area contributed by atoms with E-state index in [9.17, 15) is 24.6 Å². The van der Waals surface area contributed by atoms with Gasteiger partial charge in [-0.2, -0.15) is 0 Å². The zero-order valence-corrected chi connectivity index (χ0v) is 19.0. The number of cyclic esters (lactones) is 1. The minimum atomic E-state index is -1.22. The molecule has 5 rings (SSSR count). The molecule has 0 spiro atoms. The van der Waals surface area contributed by atoms with E-state index in [1.54, 1.807) is 6.08 Å². The molecule has 0 aromatic heterocycles. The summed E-state index contributed by atoms with van der Waals surface area (Å²) in [6.45, 7) is 3.81. The molecule has 0 aromatic rings. The first-order chi connectivity index (χ1) is 15.1. The van der Waals surface area contributed by atoms with Crippen molar-refractivity contribution < 1.29 is 34.1 Å². The van der Waals surface area contributed by atoms with Gasteiger partial charge in [0.1, 0.15) is 19.0 Å². The molecule has 4 fully saturated rings. The van der Waals surface area contributed by atoms with Crippen molar-refractivity contribution in [2.45, 2.75) is 88.9 Å². The van der Waals surface area contributed by atoms with E-state index < -0.39 is 16.6 Å². The normalized spacial score (nSPS) is 49.9. The van der Waals surface area contributed by atoms with Gasteiger partial charge in [-0.1, -0.05) is 6.92 Å². The molecule has 32 heavy (non-hydrogen) atoms. The van der Waals surface area contributed by atoms with E-state index >= 15 is 0 Å². The van der Waals surface area contributed by atoms with Crippen molar-refractivity contribution in [1.82, 2.24) is 0 Å². The quantitative estimate of drug-likeness (QED) is 0.506. The van der Waals surface area contributed by atoms with E-state index in [4.69, 9.17) is 9.47 Å². The number of ether oxygens (including phenoxy) is 2. The summed E-state index contributed by atoms with van der Waals surface area (Å²) in [6, 6.07) is 0. The number of esters is 2. The van der Waals surface area contributed by atoms with Gasteiger partial charge in [0.05, 0.1) is 16.6 Å². The Morgan fingerprint density at radius 1 is 1.12 bits per heavy atom. The van der Waals surface area contributed by atoms with Crippen LogP contribution in [0.15, 0.2) is 11.6 Å². The first-order valence-electron chi connectivity index (χ1n) is 12.0. The molecule has 176 valence electrons. The highest BCUT2D eigenvalue weighted by Crippen LogP contribution is 2.70. The van der Waals surface area contributed by atoms with Crippen LogP contribution in [0.4, 0.5) is 0 Å². The largest absolute Gasteiger partial charge is 0.462 e. The maximum atomic E-state index is 12.7. The molecule has 0 radical (unpaired) electrons. The second-order valence-corrected chi connectivity index (χ2v) is 11.2. The fourth-order valence-corrected chi connectivity index (χ4v) is 8.65. The molecule has 4 saturated carbocycles. The van der Waals surface area contributed by atoms with Crippen molar-refractivity contribution in [3.8, 4) is 0 Å². The molecular formula is C25H34O7. The fraction of sp³-hybridized carbons (Fsp3) is 0.800. The third-order valence-corrected chi connectivity index (χ3v) is 10.2. The fourth-order valence-electron chi connectivity index (χ4n) is 8.65. The lowest BCUT2D eigenvalue weighted by Gasteiger charge is -2.65. The monoisotopic (exact) mass is 446 g/mol. The van der Waals surface area contributed by atoms with E-state index in [-0.39, 0.29) is 47.6 Å². The SMILES string of the molecule is CC(=O)O[C@H]1CC[C@]2(C=O)C3CC[C@]4(C)[C@@H](C5=CC(=O)OC5)CC[C@]4(O)C3CC[C@]2(O)C1. The number of hydrogen-bond donors (Lipinski definition) is 2. The molecule has 7 nitrogen and oxygen atoms in total. The smallest absolute Gasteiger partial charge is 0.331 e. The van der Waals surface area contributed by atoms with Gasteiger partial charge in [-0.15, -0.1) is 0 Å². The number of aliphatic hydroxyl groups is 2. The Bertz CT molecular complexity index is 882. The third kappa shape index (κ3) is 2.76. The highest BCUT2D eigenvalue weighted by molar-refractivity contribution is 5.85. The Hall–Kier alpha value is -1.73. The number of carbonyl (C=O) groups excluding carboxylic acids is 3. The predicted molar refractivity (Wildman–Crippen MR) is 113 cm³/mol. The van der Waals surface area contributed by atoms with E-state index in [2.05, 4.69) is 6.92 Å². The lowest BCUT2D eigenvalue weighted by molar-refractivity contribution is -0.249. The molecule has 0 saturated heterocycles. The van der Waals surface area contributed by atoms with Gasteiger partial charge in [-0.3, -0.25) is 4.79 Å². The number of rotatable bonds is 3. The molecule has 2 unspecified atom stereocenters. The maximum Gasteiger partial charge on any atom is 0.331 e. The van der Waals surface area contributed by atoms with Crippen LogP contribution in [0, 0.1) is 28.6 Å². The van der Waals surface area contributed by atoms with Crippen LogP contribution in [-0.2, 0) is 23.9 Å². The third-order valence-electron chi connectivity index (χ3n) is 10.2. The van der Waals surface area contributed by atoms with E-state index in [1.165, 1.54) is 6.92 Å². The van der Waals surface area contributed by atoms with Crippen molar-refractivity contribution in [2.75, 3.05) is 6.61 Å². The minimum Gasteiger partial charge on any atom is -0.462 e. The number of fused-ring (bicyclic) bond motifs is 5. The maximum absolute atomic E-state index is 12.7. The van der Waals surface area contributed by atoms with E-state index in [0.717, 1.165) is 31.1 Å². The molecule has 7 heteroatoms. The van der Waals surface area contributed by atoms with Crippen molar-refractivity contribution in [3.63, 3.8) is 0 Å². The van der Waals surface area contributed by atoms with Crippen molar-refractivity contribution in [3.05, 3.63) is 11.6 Å². The molecule has 8 atom stereocenters. The van der Waals surface area contributed by atoms with Gasteiger partial charge in [0.25, 0.3) is 0 Å². The van der Waals surface area contributed by atoms with Gasteiger partial charge in [0.15, 0.2) is 0 Å². The lowest BCUT2D eigenvalue weighted by atomic mass is 9.41. The van der Waals surface area contributed by atoms with Crippen molar-refractivity contribution in [1.29, 1.82) is 0 Å². The summed E-state index contributed by atoms with van der Waals surface area (Å²) in [5.41, 5.74) is -2.50. The van der Waals surface area contributed by atoms with Gasteiger partial charge in [-0.05, 0) is 74.7 Å². The summed E-state index contributed by atoms with van der Waals surface area (Å²) in [5.74, 6) is -0.772. The minimum absolute atomic E-state index is 0.0828. The Kier molecular flexibility index (Phi) is 4.92. The topological polar surface area (TPSA) is 110 Å². The number of hydrogen-bond acceptors (Lipinski definition) is 7. The number of carbonyl (C=O) groups is 3. The van der Waals surface area contributed by atoms with Crippen molar-refractivity contribution in [2.24, 2.45) is 28.6 Å². The van der Waals surface area contributed by atoms with Crippen LogP contribution in [-0.4, -0.2) is 52.4 Å². The summed E-state index contributed by atoms with van der Waals surface area (Å²) in [7, 11) is 0. The molecule has 4 aliphatic carbocycles. The highest BCUT2D eigenvalue weighted by atomic mass is 16.5. The lowest BCUT2D eigenvalue weighted by Crippen LogP contribution is -2.69. The standard InChI is InChI=1S/C25H34O7/c1-15(27)32-17-3-8-23(14-26)19-4-7-22(2)18(16-11-21(28)31-13-16)6-10-25(22,30)20(19)5-9-24(23,29)12-17/h11,14,17-20,29-30H,3-10,12-13H2,1-2H3/t17-,18+,19?,20?,22+,23-,24-,25-/m0/s1. The van der Waals surface area contributed by atoms with E-state index in [1.807, 2.05) is 0 Å². The summed E-state index contributed by atoms with van der Waals surface area (Å²) < 4.78 is 10.6. The van der Waals surface area contributed by atoms with Crippen LogP contribution < -0.4 is 0 Å². The summed E-state index contributed by atoms with van der Waals surface area (Å²) in [5, 5.41) is 23.9. The zero-order valence-electron chi connectivity index (χ0n) is 19.0. The molecule has 1 heterocycles. The average molecular weight is 447 g/mol. The van der Waals surface area contributed by atoms with Crippen LogP contribution in [0.5, 0.6) is 0 Å². The van der Waals surface area contributed by atoms with E-state index in [0.29, 0.717) is 38.7 Å². The summed E-state index contributed by atoms with van der Waals surface area (Å²) in [6.07, 6.45) is 7.44. The Balaban J connectivity index is 1.46. The van der Waals surface area contributed by atoms with Gasteiger partial charge in [-0.25, -0.2) is 4.79 Å². The van der Waals surface area contributed by atoms with Gasteiger partial charge < -0.3 is 24.5 Å². The molecule has 0 aromatic carbocycles. The molecular weight excluding hydrogens is 412 g/mol. The second kappa shape index (κ2) is 7.13. The van der Waals surface area contributed by atoms with Crippen LogP contribution in [0.3, 0.4) is 0 Å². The van der Waals surface area contributed by atoms with Crippen LogP contribution in [0.2, 0.25) is 0 Å². The van der Waals surface area contributed by atoms with Crippen LogP contribution >= 0.6 is 0 Å². The summed E-state index contributed by atoms with van der Waals surface area (Å²) >= 11 is 0. The highest BCUT2D eigenvalue weighted by Gasteiger charge is 2.71. The van der Waals surface area contributed by atoms with Crippen molar-refractivity contribution >= 4 is 18.2 Å². The zero-order chi connectivity index (χ0) is 22.9. The van der Waals surface area contributed by atoms with Gasteiger partial charge >= 0.3 is 11.9 Å². The molecule has 2 N–H and O–H groups in total. The molecule has 0 amide bonds. The summed E-state index contributed by atoms with van der Waals surface area (Å²) in [4.78, 5) is 35.8. The predicted octanol–water partition coefficient (Wildman–Crippen LogP) is 2.47. The number of aldehydes is 1. The first-order valence-corrected chi connectivity index (χ1v) is 12.0. The average Bonchev–Trinajstić information content (AvgIpc) is 3.27. The Morgan fingerprint density at radius 3 is 2.53 bits per heavy atom. The second-order valence-electron chi connectivity index (χ2n) is 11.2. The van der Waals surface area contributed by atoms with Crippen LogP contribution in [0.25, 0.3) is 0 Å². The van der Waals surface area contributed by atoms with Gasteiger partial charge in [0.2, 0.25) is 0 Å². The first kappa shape index (κ1) is 22.1. The Morgan fingerprint density at radius 2 is 1.88 bits per heavy atom. The molecule has 0 bridgehead atoms. The molecule has 1 aliphatic heterocycles. The van der Waals surface area contributed by atoms with Gasteiger partial charge in [0, 0.05) is 24.8 Å². The van der Waals surface area contributed by atoms with Crippen LogP contribution in [0.1, 0.15) is 71.6 Å².